The Bertz CT molecular complexity index is 1330. The van der Waals surface area contributed by atoms with Crippen LogP contribution in [0, 0.1) is 20.8 Å². The number of nitrogens with zero attached hydrogens (tertiary/aromatic N) is 2. The number of hydrogen-bond donors (Lipinski definition) is 1. The molecule has 3 aromatic carbocycles. The number of benzene rings is 3. The van der Waals surface area contributed by atoms with Crippen LogP contribution in [0.2, 0.25) is 0 Å². The Morgan fingerprint density at radius 3 is 2.37 bits per heavy atom. The highest BCUT2D eigenvalue weighted by molar-refractivity contribution is 7.89. The lowest BCUT2D eigenvalue weighted by molar-refractivity contribution is -0.121. The first kappa shape index (κ1) is 25.1. The molecule has 1 amide bonds. The largest absolute Gasteiger partial charge is 0.272 e. The molecule has 7 heteroatoms. The molecule has 0 bridgehead atoms. The van der Waals surface area contributed by atoms with E-state index in [9.17, 15) is 13.2 Å². The number of rotatable bonds is 7. The summed E-state index contributed by atoms with van der Waals surface area (Å²) in [7, 11) is -3.86. The van der Waals surface area contributed by atoms with E-state index in [1.165, 1.54) is 4.31 Å². The molecule has 6 nitrogen and oxygen atoms in total. The maximum Gasteiger partial charge on any atom is 0.255 e. The van der Waals surface area contributed by atoms with E-state index in [2.05, 4.69) is 10.5 Å². The molecule has 0 unspecified atom stereocenters. The van der Waals surface area contributed by atoms with Crippen molar-refractivity contribution in [2.45, 2.75) is 63.8 Å². The minimum atomic E-state index is -3.86. The monoisotopic (exact) mass is 491 g/mol. The molecule has 1 N–H and O–H groups in total. The summed E-state index contributed by atoms with van der Waals surface area (Å²) in [6, 6.07) is 17.4. The Balaban J connectivity index is 1.57. The highest BCUT2D eigenvalue weighted by Crippen LogP contribution is 2.31. The topological polar surface area (TPSA) is 78.8 Å². The Hall–Kier alpha value is -3.03. The van der Waals surface area contributed by atoms with Crippen LogP contribution in [0.5, 0.6) is 0 Å². The van der Waals surface area contributed by atoms with Crippen molar-refractivity contribution < 1.29 is 13.2 Å². The quantitative estimate of drug-likeness (QED) is 0.363. The van der Waals surface area contributed by atoms with Crippen molar-refractivity contribution in [3.8, 4) is 0 Å². The van der Waals surface area contributed by atoms with E-state index in [4.69, 9.17) is 0 Å². The van der Waals surface area contributed by atoms with Gasteiger partial charge in [0.15, 0.2) is 0 Å². The van der Waals surface area contributed by atoms with Crippen molar-refractivity contribution in [3.63, 3.8) is 0 Å². The molecular weight excluding hydrogens is 458 g/mol. The maximum atomic E-state index is 13.9. The SMILES string of the molecule is Cc1cc(C)c(S(=O)(=O)N(CC(=O)N/N=C/c2cccc3ccccc23)C2CCCCC2)c(C)c1. The van der Waals surface area contributed by atoms with E-state index < -0.39 is 15.9 Å². The Kier molecular flexibility index (Phi) is 7.67. The molecule has 35 heavy (non-hydrogen) atoms. The van der Waals surface area contributed by atoms with Gasteiger partial charge < -0.3 is 0 Å². The van der Waals surface area contributed by atoms with Crippen LogP contribution < -0.4 is 5.43 Å². The lowest BCUT2D eigenvalue weighted by Crippen LogP contribution is -2.46. The van der Waals surface area contributed by atoms with Crippen LogP contribution in [-0.4, -0.2) is 37.4 Å². The molecule has 0 aromatic heterocycles. The second kappa shape index (κ2) is 10.7. The summed E-state index contributed by atoms with van der Waals surface area (Å²) in [5, 5.41) is 6.26. The molecule has 0 spiro atoms. The summed E-state index contributed by atoms with van der Waals surface area (Å²) >= 11 is 0. The fraction of sp³-hybridized carbons (Fsp3) is 0.357. The van der Waals surface area contributed by atoms with Crippen LogP contribution in [0.4, 0.5) is 0 Å². The van der Waals surface area contributed by atoms with Crippen LogP contribution >= 0.6 is 0 Å². The van der Waals surface area contributed by atoms with Crippen LogP contribution in [-0.2, 0) is 14.8 Å². The van der Waals surface area contributed by atoms with Gasteiger partial charge in [0.25, 0.3) is 5.91 Å². The second-order valence-electron chi connectivity index (χ2n) is 9.43. The Labute approximate surface area is 208 Å². The van der Waals surface area contributed by atoms with Gasteiger partial charge in [-0.1, -0.05) is 79.4 Å². The zero-order chi connectivity index (χ0) is 25.0. The van der Waals surface area contributed by atoms with Gasteiger partial charge in [-0.15, -0.1) is 0 Å². The zero-order valence-corrected chi connectivity index (χ0v) is 21.4. The normalized spacial score (nSPS) is 15.2. The zero-order valence-electron chi connectivity index (χ0n) is 20.6. The molecule has 0 atom stereocenters. The molecule has 0 saturated heterocycles. The summed E-state index contributed by atoms with van der Waals surface area (Å²) in [6.45, 7) is 5.34. The predicted molar refractivity (Wildman–Crippen MR) is 141 cm³/mol. The number of carbonyl (C=O) groups is 1. The van der Waals surface area contributed by atoms with Gasteiger partial charge in [0, 0.05) is 11.6 Å². The van der Waals surface area contributed by atoms with Crippen molar-refractivity contribution in [3.05, 3.63) is 76.9 Å². The number of hydrazone groups is 1. The number of hydrogen-bond acceptors (Lipinski definition) is 4. The van der Waals surface area contributed by atoms with Gasteiger partial charge in [0.05, 0.1) is 17.7 Å². The molecule has 0 heterocycles. The molecule has 3 aromatic rings. The summed E-state index contributed by atoms with van der Waals surface area (Å²) in [5.74, 6) is -0.446. The molecular formula is C28H33N3O3S. The fourth-order valence-corrected chi connectivity index (χ4v) is 7.24. The van der Waals surface area contributed by atoms with Gasteiger partial charge in [0.1, 0.15) is 0 Å². The number of nitrogens with one attached hydrogen (secondary N) is 1. The van der Waals surface area contributed by atoms with E-state index in [0.717, 1.165) is 54.0 Å². The third-order valence-electron chi connectivity index (χ3n) is 6.67. The van der Waals surface area contributed by atoms with Gasteiger partial charge in [-0.2, -0.15) is 9.41 Å². The third-order valence-corrected chi connectivity index (χ3v) is 8.87. The summed E-state index contributed by atoms with van der Waals surface area (Å²) in [6.07, 6.45) is 6.14. The average Bonchev–Trinajstić information content (AvgIpc) is 2.82. The van der Waals surface area contributed by atoms with E-state index in [0.29, 0.717) is 16.0 Å². The van der Waals surface area contributed by atoms with Crippen LogP contribution in [0.15, 0.2) is 64.6 Å². The summed E-state index contributed by atoms with van der Waals surface area (Å²) < 4.78 is 29.1. The van der Waals surface area contributed by atoms with Gasteiger partial charge in [0.2, 0.25) is 10.0 Å². The van der Waals surface area contributed by atoms with Crippen LogP contribution in [0.3, 0.4) is 0 Å². The van der Waals surface area contributed by atoms with Crippen molar-refractivity contribution in [2.24, 2.45) is 5.10 Å². The average molecular weight is 492 g/mol. The number of carbonyl (C=O) groups excluding carboxylic acids is 1. The molecule has 1 aliphatic rings. The molecule has 1 fully saturated rings. The Morgan fingerprint density at radius 2 is 1.66 bits per heavy atom. The van der Waals surface area contributed by atoms with Gasteiger partial charge in [-0.3, -0.25) is 4.79 Å². The molecule has 184 valence electrons. The number of amides is 1. The fourth-order valence-electron chi connectivity index (χ4n) is 5.18. The van der Waals surface area contributed by atoms with E-state index in [-0.39, 0.29) is 12.6 Å². The van der Waals surface area contributed by atoms with E-state index in [1.807, 2.05) is 75.4 Å². The van der Waals surface area contributed by atoms with E-state index in [1.54, 1.807) is 6.21 Å². The minimum Gasteiger partial charge on any atom is -0.272 e. The number of aryl methyl sites for hydroxylation is 3. The number of fused-ring (bicyclic) bond motifs is 1. The highest BCUT2D eigenvalue weighted by atomic mass is 32.2. The third kappa shape index (κ3) is 5.63. The second-order valence-corrected chi connectivity index (χ2v) is 11.3. The van der Waals surface area contributed by atoms with Crippen molar-refractivity contribution in [1.29, 1.82) is 0 Å². The minimum absolute atomic E-state index is 0.193. The van der Waals surface area contributed by atoms with Crippen molar-refractivity contribution in [1.82, 2.24) is 9.73 Å². The van der Waals surface area contributed by atoms with Crippen molar-refractivity contribution in [2.75, 3.05) is 6.54 Å². The first-order chi connectivity index (χ1) is 16.8. The van der Waals surface area contributed by atoms with Gasteiger partial charge in [-0.25, -0.2) is 13.8 Å². The number of sulfonamides is 1. The first-order valence-electron chi connectivity index (χ1n) is 12.2. The Morgan fingerprint density at radius 1 is 1.00 bits per heavy atom. The predicted octanol–water partition coefficient (Wildman–Crippen LogP) is 5.24. The molecule has 1 saturated carbocycles. The van der Waals surface area contributed by atoms with Crippen LogP contribution in [0.25, 0.3) is 10.8 Å². The van der Waals surface area contributed by atoms with Gasteiger partial charge in [-0.05, 0) is 55.5 Å². The molecule has 0 radical (unpaired) electrons. The molecule has 1 aliphatic carbocycles. The maximum absolute atomic E-state index is 13.9. The lowest BCUT2D eigenvalue weighted by Gasteiger charge is -2.33. The first-order valence-corrected chi connectivity index (χ1v) is 13.6. The standard InChI is InChI=1S/C28H33N3O3S/c1-20-16-21(2)28(22(3)17-20)35(33,34)31(25-13-5-4-6-14-25)19-27(32)30-29-18-24-12-9-11-23-10-7-8-15-26(23)24/h7-12,15-18,25H,4-6,13-14,19H2,1-3H3,(H,30,32)/b29-18+. The van der Waals surface area contributed by atoms with Gasteiger partial charge >= 0.3 is 0 Å². The summed E-state index contributed by atoms with van der Waals surface area (Å²) in [4.78, 5) is 13.2. The highest BCUT2D eigenvalue weighted by Gasteiger charge is 2.35. The van der Waals surface area contributed by atoms with E-state index >= 15 is 0 Å². The molecule has 0 aliphatic heterocycles. The lowest BCUT2D eigenvalue weighted by atomic mass is 9.95. The van der Waals surface area contributed by atoms with Crippen molar-refractivity contribution >= 4 is 32.9 Å². The molecule has 4 rings (SSSR count). The smallest absolute Gasteiger partial charge is 0.255 e. The summed E-state index contributed by atoms with van der Waals surface area (Å²) in [5.41, 5.74) is 5.86. The van der Waals surface area contributed by atoms with Crippen LogP contribution in [0.1, 0.15) is 54.4 Å².